The Balaban J connectivity index is 1.95. The van der Waals surface area contributed by atoms with Gasteiger partial charge in [0.05, 0.1) is 6.26 Å². The van der Waals surface area contributed by atoms with Gasteiger partial charge in [-0.25, -0.2) is 0 Å². The minimum Gasteiger partial charge on any atom is -0.469 e. The van der Waals surface area contributed by atoms with E-state index in [2.05, 4.69) is 0 Å². The van der Waals surface area contributed by atoms with E-state index in [9.17, 15) is 14.9 Å². The normalized spacial score (nSPS) is 16.2. The van der Waals surface area contributed by atoms with Crippen molar-refractivity contribution in [2.24, 2.45) is 0 Å². The van der Waals surface area contributed by atoms with Crippen LogP contribution < -0.4 is 5.56 Å². The summed E-state index contributed by atoms with van der Waals surface area (Å²) >= 11 is 5.95. The number of hydrogen-bond acceptors (Lipinski definition) is 4. The highest BCUT2D eigenvalue weighted by Crippen LogP contribution is 2.33. The van der Waals surface area contributed by atoms with Crippen LogP contribution in [0.25, 0.3) is 5.69 Å². The van der Waals surface area contributed by atoms with Crippen molar-refractivity contribution in [3.63, 3.8) is 0 Å². The second-order valence-corrected chi connectivity index (χ2v) is 6.63. The number of hydrogen-bond donors (Lipinski definition) is 0. The predicted molar refractivity (Wildman–Crippen MR) is 95.9 cm³/mol. The molecule has 1 aliphatic carbocycles. The first kappa shape index (κ1) is 16.4. The number of rotatable bonds is 2. The zero-order valence-corrected chi connectivity index (χ0v) is 14.4. The van der Waals surface area contributed by atoms with Crippen LogP contribution in [0.3, 0.4) is 0 Å². The van der Waals surface area contributed by atoms with E-state index in [-0.39, 0.29) is 23.7 Å². The third-order valence-electron chi connectivity index (χ3n) is 4.63. The lowest BCUT2D eigenvalue weighted by molar-refractivity contribution is 0.0958. The molecule has 0 spiro atoms. The molecule has 0 bridgehead atoms. The Morgan fingerprint density at radius 3 is 2.58 bits per heavy atom. The summed E-state index contributed by atoms with van der Waals surface area (Å²) in [5, 5.41) is 9.85. The summed E-state index contributed by atoms with van der Waals surface area (Å²) < 4.78 is 6.91. The molecule has 0 unspecified atom stereocenters. The summed E-state index contributed by atoms with van der Waals surface area (Å²) in [6.07, 6.45) is 2.32. The van der Waals surface area contributed by atoms with Gasteiger partial charge in [-0.3, -0.25) is 14.2 Å². The average Bonchev–Trinajstić information content (AvgIpc) is 3.17. The number of fused-ring (bicyclic) bond motifs is 1. The largest absolute Gasteiger partial charge is 0.469 e. The first-order valence-corrected chi connectivity index (χ1v) is 8.48. The number of nitrogens with zero attached hydrogens (tertiary/aromatic N) is 2. The van der Waals surface area contributed by atoms with Crippen LogP contribution in [0.2, 0.25) is 5.02 Å². The molecule has 26 heavy (non-hydrogen) atoms. The zero-order valence-electron chi connectivity index (χ0n) is 13.6. The third kappa shape index (κ3) is 2.65. The molecule has 0 fully saturated rings. The lowest BCUT2D eigenvalue weighted by Crippen LogP contribution is -2.31. The van der Waals surface area contributed by atoms with Crippen LogP contribution in [0.15, 0.2) is 57.9 Å². The molecule has 6 heteroatoms. The molecule has 128 valence electrons. The summed E-state index contributed by atoms with van der Waals surface area (Å²) in [6, 6.07) is 13.7. The van der Waals surface area contributed by atoms with Crippen molar-refractivity contribution in [3.05, 3.63) is 86.7 Å². The standard InChI is InChI=1S/C20H13ClN2O3/c21-14-3-5-15(6-4-14)23-17-9-12(19-2-1-7-26-19)10-18(24)16(17)8-13(11-22)20(23)25/h1-8,12H,9-10H2/t12-/m1/s1. The van der Waals surface area contributed by atoms with Crippen molar-refractivity contribution in [1.29, 1.82) is 5.26 Å². The van der Waals surface area contributed by atoms with Crippen molar-refractivity contribution < 1.29 is 9.21 Å². The first-order valence-electron chi connectivity index (χ1n) is 8.10. The zero-order chi connectivity index (χ0) is 18.3. The number of benzene rings is 1. The molecule has 4 rings (SSSR count). The molecule has 0 radical (unpaired) electrons. The van der Waals surface area contributed by atoms with E-state index in [1.54, 1.807) is 36.6 Å². The van der Waals surface area contributed by atoms with E-state index in [0.29, 0.717) is 34.1 Å². The number of carbonyl (C=O) groups excluding carboxylic acids is 1. The molecule has 0 N–H and O–H groups in total. The van der Waals surface area contributed by atoms with Crippen molar-refractivity contribution in [2.45, 2.75) is 18.8 Å². The number of furan rings is 1. The molecule has 2 aromatic heterocycles. The van der Waals surface area contributed by atoms with Crippen molar-refractivity contribution in [2.75, 3.05) is 0 Å². The van der Waals surface area contributed by atoms with E-state index in [4.69, 9.17) is 16.0 Å². The van der Waals surface area contributed by atoms with Gasteiger partial charge in [-0.2, -0.15) is 5.26 Å². The van der Waals surface area contributed by atoms with Crippen LogP contribution in [0.5, 0.6) is 0 Å². The van der Waals surface area contributed by atoms with E-state index in [1.165, 1.54) is 10.6 Å². The Kier molecular flexibility index (Phi) is 3.98. The molecule has 0 amide bonds. The molecule has 3 aromatic rings. The fourth-order valence-electron chi connectivity index (χ4n) is 3.40. The number of nitriles is 1. The number of pyridine rings is 1. The minimum atomic E-state index is -0.443. The van der Waals surface area contributed by atoms with Gasteiger partial charge in [0.2, 0.25) is 0 Å². The number of aromatic nitrogens is 1. The van der Waals surface area contributed by atoms with Gasteiger partial charge < -0.3 is 4.42 Å². The maximum Gasteiger partial charge on any atom is 0.273 e. The van der Waals surface area contributed by atoms with Crippen LogP contribution >= 0.6 is 11.6 Å². The molecule has 0 aliphatic heterocycles. The topological polar surface area (TPSA) is 76.0 Å². The van der Waals surface area contributed by atoms with E-state index >= 15 is 0 Å². The average molecular weight is 365 g/mol. The van der Waals surface area contributed by atoms with Crippen molar-refractivity contribution >= 4 is 17.4 Å². The van der Waals surface area contributed by atoms with Gasteiger partial charge >= 0.3 is 0 Å². The van der Waals surface area contributed by atoms with Gasteiger partial charge in [0.25, 0.3) is 5.56 Å². The van der Waals surface area contributed by atoms with Gasteiger partial charge in [0.1, 0.15) is 17.4 Å². The second kappa shape index (κ2) is 6.32. The van der Waals surface area contributed by atoms with Crippen LogP contribution in [-0.4, -0.2) is 10.4 Å². The maximum absolute atomic E-state index is 12.8. The minimum absolute atomic E-state index is 0.0523. The quantitative estimate of drug-likeness (QED) is 0.691. The van der Waals surface area contributed by atoms with Crippen LogP contribution in [0.4, 0.5) is 0 Å². The number of halogens is 1. The molecule has 1 atom stereocenters. The van der Waals surface area contributed by atoms with Gasteiger partial charge in [0, 0.05) is 34.3 Å². The van der Waals surface area contributed by atoms with Crippen LogP contribution in [0.1, 0.15) is 39.7 Å². The summed E-state index contributed by atoms with van der Waals surface area (Å²) in [5.41, 5.74) is 1.08. The highest BCUT2D eigenvalue weighted by molar-refractivity contribution is 6.30. The fourth-order valence-corrected chi connectivity index (χ4v) is 3.53. The first-order chi connectivity index (χ1) is 12.6. The Labute approximate surface area is 154 Å². The monoisotopic (exact) mass is 364 g/mol. The fraction of sp³-hybridized carbons (Fsp3) is 0.150. The highest BCUT2D eigenvalue weighted by Gasteiger charge is 2.31. The van der Waals surface area contributed by atoms with Gasteiger partial charge in [-0.15, -0.1) is 0 Å². The number of carbonyl (C=O) groups is 1. The Hall–Kier alpha value is -3.10. The van der Waals surface area contributed by atoms with E-state index < -0.39 is 5.56 Å². The van der Waals surface area contributed by atoms with Gasteiger partial charge in [-0.05, 0) is 48.9 Å². The molecule has 0 saturated carbocycles. The Bertz CT molecular complexity index is 1090. The smallest absolute Gasteiger partial charge is 0.273 e. The Morgan fingerprint density at radius 2 is 1.92 bits per heavy atom. The lowest BCUT2D eigenvalue weighted by Gasteiger charge is -2.25. The summed E-state index contributed by atoms with van der Waals surface area (Å²) in [6.45, 7) is 0. The second-order valence-electron chi connectivity index (χ2n) is 6.19. The summed E-state index contributed by atoms with van der Waals surface area (Å²) in [4.78, 5) is 25.6. The van der Waals surface area contributed by atoms with E-state index in [0.717, 1.165) is 0 Å². The SMILES string of the molecule is N#Cc1cc2c(n(-c3ccc(Cl)cc3)c1=O)C[C@@H](c1ccco1)CC2=O. The Morgan fingerprint density at radius 1 is 1.15 bits per heavy atom. The highest BCUT2D eigenvalue weighted by atomic mass is 35.5. The van der Waals surface area contributed by atoms with Gasteiger partial charge in [-0.1, -0.05) is 11.6 Å². The predicted octanol–water partition coefficient (Wildman–Crippen LogP) is 3.87. The van der Waals surface area contributed by atoms with Crippen LogP contribution in [0, 0.1) is 11.3 Å². The van der Waals surface area contributed by atoms with Gasteiger partial charge in [0.15, 0.2) is 5.78 Å². The summed E-state index contributed by atoms with van der Waals surface area (Å²) in [7, 11) is 0. The molecule has 2 heterocycles. The number of Topliss-reactive ketones (excluding diaryl/α,β-unsaturated/α-hetero) is 1. The van der Waals surface area contributed by atoms with Crippen molar-refractivity contribution in [3.8, 4) is 11.8 Å². The van der Waals surface area contributed by atoms with Crippen molar-refractivity contribution in [1.82, 2.24) is 4.57 Å². The van der Waals surface area contributed by atoms with E-state index in [1.807, 2.05) is 12.1 Å². The molecular weight excluding hydrogens is 352 g/mol. The third-order valence-corrected chi connectivity index (χ3v) is 4.88. The van der Waals surface area contributed by atoms with Crippen LogP contribution in [-0.2, 0) is 6.42 Å². The molecule has 1 aromatic carbocycles. The number of ketones is 1. The molecule has 1 aliphatic rings. The lowest BCUT2D eigenvalue weighted by atomic mass is 9.83. The molecule has 5 nitrogen and oxygen atoms in total. The molecular formula is C20H13ClN2O3. The molecule has 0 saturated heterocycles. The summed E-state index contributed by atoms with van der Waals surface area (Å²) in [5.74, 6) is 0.464. The maximum atomic E-state index is 12.8.